The van der Waals surface area contributed by atoms with Crippen LogP contribution in [0.3, 0.4) is 0 Å². The molecule has 10 heteroatoms. The van der Waals surface area contributed by atoms with E-state index in [1.54, 1.807) is 16.3 Å². The molecule has 1 N–H and O–H groups in total. The summed E-state index contributed by atoms with van der Waals surface area (Å²) in [7, 11) is 0. The lowest BCUT2D eigenvalue weighted by Gasteiger charge is -2.10. The molecule has 3 aromatic heterocycles. The van der Waals surface area contributed by atoms with Crippen molar-refractivity contribution in [2.45, 2.75) is 66.1 Å². The predicted octanol–water partition coefficient (Wildman–Crippen LogP) is 2.44. The number of aromatic nitrogens is 8. The van der Waals surface area contributed by atoms with Crippen molar-refractivity contribution in [3.8, 4) is 11.4 Å². The van der Waals surface area contributed by atoms with Crippen molar-refractivity contribution in [1.82, 2.24) is 39.3 Å². The Morgan fingerprint density at radius 3 is 2.56 bits per heavy atom. The van der Waals surface area contributed by atoms with Crippen LogP contribution in [0.15, 0.2) is 33.9 Å². The van der Waals surface area contributed by atoms with E-state index in [0.29, 0.717) is 55.3 Å². The monoisotopic (exact) mass is 436 g/mol. The molecule has 0 fully saturated rings. The molecular weight excluding hydrogens is 408 g/mol. The minimum absolute atomic E-state index is 0.303. The average molecular weight is 437 g/mol. The van der Waals surface area contributed by atoms with E-state index in [1.165, 1.54) is 4.57 Å². The van der Waals surface area contributed by atoms with Crippen LogP contribution in [0.4, 0.5) is 0 Å². The van der Waals surface area contributed by atoms with Gasteiger partial charge in [-0.2, -0.15) is 4.80 Å². The number of nitrogens with one attached hydrogen (secondary N) is 1. The second kappa shape index (κ2) is 9.29. The summed E-state index contributed by atoms with van der Waals surface area (Å²) in [6, 6.07) is 7.96. The number of tetrazole rings is 1. The summed E-state index contributed by atoms with van der Waals surface area (Å²) in [5.41, 5.74) is 2.27. The molecule has 168 valence electrons. The van der Waals surface area contributed by atoms with E-state index in [-0.39, 0.29) is 11.2 Å². The van der Waals surface area contributed by atoms with Crippen LogP contribution >= 0.6 is 0 Å². The highest BCUT2D eigenvalue weighted by Crippen LogP contribution is 2.14. The molecule has 10 nitrogen and oxygen atoms in total. The smallest absolute Gasteiger partial charge is 0.332 e. The maximum absolute atomic E-state index is 13.0. The number of benzene rings is 1. The number of fused-ring (bicyclic) bond motifs is 1. The number of H-pyrrole nitrogens is 1. The average Bonchev–Trinajstić information content (AvgIpc) is 3.40. The zero-order chi connectivity index (χ0) is 22.7. The molecule has 0 saturated heterocycles. The Labute approximate surface area is 184 Å². The number of aromatic amines is 1. The van der Waals surface area contributed by atoms with Gasteiger partial charge in [-0.25, -0.2) is 9.78 Å². The zero-order valence-electron chi connectivity index (χ0n) is 18.7. The normalized spacial score (nSPS) is 11.5. The van der Waals surface area contributed by atoms with Crippen LogP contribution < -0.4 is 11.2 Å². The lowest BCUT2D eigenvalue weighted by molar-refractivity contribution is 0.457. The molecule has 0 saturated carbocycles. The molecule has 0 aliphatic carbocycles. The molecule has 0 bridgehead atoms. The van der Waals surface area contributed by atoms with Crippen LogP contribution in [-0.4, -0.2) is 39.3 Å². The van der Waals surface area contributed by atoms with Crippen molar-refractivity contribution >= 4 is 11.2 Å². The molecular formula is C22H28N8O2. The van der Waals surface area contributed by atoms with Crippen molar-refractivity contribution in [2.75, 3.05) is 0 Å². The van der Waals surface area contributed by atoms with E-state index >= 15 is 0 Å². The van der Waals surface area contributed by atoms with Gasteiger partial charge < -0.3 is 4.98 Å². The van der Waals surface area contributed by atoms with Gasteiger partial charge in [0.15, 0.2) is 5.65 Å². The third-order valence-electron chi connectivity index (χ3n) is 5.43. The summed E-state index contributed by atoms with van der Waals surface area (Å²) >= 11 is 0. The Kier molecular flexibility index (Phi) is 6.29. The number of hydrogen-bond donors (Lipinski definition) is 1. The number of unbranched alkanes of at least 4 members (excludes halogenated alkanes) is 2. The lowest BCUT2D eigenvalue weighted by Crippen LogP contribution is -2.40. The van der Waals surface area contributed by atoms with E-state index in [0.717, 1.165) is 24.0 Å². The highest BCUT2D eigenvalue weighted by atomic mass is 16.2. The fourth-order valence-corrected chi connectivity index (χ4v) is 3.76. The first kappa shape index (κ1) is 21.7. The number of imidazole rings is 1. The van der Waals surface area contributed by atoms with E-state index in [1.807, 2.05) is 31.2 Å². The summed E-state index contributed by atoms with van der Waals surface area (Å²) in [5.74, 6) is 1.21. The molecule has 0 spiro atoms. The SMILES string of the molecule is CCCCn1c(=O)n(CCCCn2nnc(-c3cccc(C)c3)n2)c(=O)c2[nH]c(C)nc21. The first-order valence-electron chi connectivity index (χ1n) is 11.0. The standard InChI is InChI=1S/C22H28N8O2/c1-4-5-11-28-20-18(23-16(3)24-20)21(31)29(22(28)32)12-6-7-13-30-26-19(25-27-30)17-10-8-9-15(2)14-17/h8-10,14H,4-7,11-13H2,1-3H3,(H,23,24). The fourth-order valence-electron chi connectivity index (χ4n) is 3.76. The van der Waals surface area contributed by atoms with Crippen molar-refractivity contribution in [3.63, 3.8) is 0 Å². The molecule has 0 unspecified atom stereocenters. The summed E-state index contributed by atoms with van der Waals surface area (Å²) in [5, 5.41) is 12.7. The van der Waals surface area contributed by atoms with Crippen molar-refractivity contribution in [3.05, 3.63) is 56.5 Å². The lowest BCUT2D eigenvalue weighted by atomic mass is 10.1. The Morgan fingerprint density at radius 2 is 1.78 bits per heavy atom. The van der Waals surface area contributed by atoms with Crippen molar-refractivity contribution in [2.24, 2.45) is 0 Å². The third-order valence-corrected chi connectivity index (χ3v) is 5.43. The Hall–Kier alpha value is -3.56. The summed E-state index contributed by atoms with van der Waals surface area (Å²) < 4.78 is 2.92. The molecule has 0 atom stereocenters. The van der Waals surface area contributed by atoms with Crippen LogP contribution in [0.1, 0.15) is 44.0 Å². The molecule has 4 rings (SSSR count). The third kappa shape index (κ3) is 4.39. The van der Waals surface area contributed by atoms with Gasteiger partial charge in [0.25, 0.3) is 5.56 Å². The highest BCUT2D eigenvalue weighted by Gasteiger charge is 2.16. The van der Waals surface area contributed by atoms with Crippen LogP contribution in [0.2, 0.25) is 0 Å². The summed E-state index contributed by atoms with van der Waals surface area (Å²) in [4.78, 5) is 34.8. The Balaban J connectivity index is 1.46. The van der Waals surface area contributed by atoms with Crippen LogP contribution in [0, 0.1) is 13.8 Å². The maximum Gasteiger partial charge on any atom is 0.332 e. The quantitative estimate of drug-likeness (QED) is 0.403. The van der Waals surface area contributed by atoms with Gasteiger partial charge >= 0.3 is 5.69 Å². The van der Waals surface area contributed by atoms with Crippen LogP contribution in [-0.2, 0) is 19.6 Å². The minimum atomic E-state index is -0.320. The van der Waals surface area contributed by atoms with Crippen LogP contribution in [0.5, 0.6) is 0 Å². The van der Waals surface area contributed by atoms with Gasteiger partial charge in [-0.1, -0.05) is 37.1 Å². The zero-order valence-corrected chi connectivity index (χ0v) is 18.7. The number of rotatable bonds is 9. The van der Waals surface area contributed by atoms with Gasteiger partial charge in [-0.15, -0.1) is 10.2 Å². The van der Waals surface area contributed by atoms with Crippen molar-refractivity contribution in [1.29, 1.82) is 0 Å². The first-order chi connectivity index (χ1) is 15.5. The van der Waals surface area contributed by atoms with Crippen molar-refractivity contribution < 1.29 is 0 Å². The maximum atomic E-state index is 13.0. The van der Waals surface area contributed by atoms with Crippen LogP contribution in [0.25, 0.3) is 22.6 Å². The second-order valence-corrected chi connectivity index (χ2v) is 8.05. The topological polar surface area (TPSA) is 116 Å². The summed E-state index contributed by atoms with van der Waals surface area (Å²) in [6.07, 6.45) is 3.15. The molecule has 32 heavy (non-hydrogen) atoms. The number of nitrogens with zero attached hydrogens (tertiary/aromatic N) is 7. The Bertz CT molecular complexity index is 1340. The molecule has 0 aliphatic rings. The largest absolute Gasteiger partial charge is 0.336 e. The van der Waals surface area contributed by atoms with Gasteiger partial charge in [-0.05, 0) is 44.4 Å². The van der Waals surface area contributed by atoms with Gasteiger partial charge in [0.2, 0.25) is 5.82 Å². The number of hydrogen-bond acceptors (Lipinski definition) is 6. The Morgan fingerprint density at radius 1 is 1.00 bits per heavy atom. The molecule has 3 heterocycles. The fraction of sp³-hybridized carbons (Fsp3) is 0.455. The molecule has 0 radical (unpaired) electrons. The van der Waals surface area contributed by atoms with E-state index in [4.69, 9.17) is 0 Å². The first-order valence-corrected chi connectivity index (χ1v) is 11.0. The van der Waals surface area contributed by atoms with E-state index in [2.05, 4.69) is 32.3 Å². The second-order valence-electron chi connectivity index (χ2n) is 8.05. The van der Waals surface area contributed by atoms with E-state index in [9.17, 15) is 9.59 Å². The molecule has 0 aliphatic heterocycles. The molecule has 1 aromatic carbocycles. The molecule has 4 aromatic rings. The summed E-state index contributed by atoms with van der Waals surface area (Å²) in [6.45, 7) is 7.31. The van der Waals surface area contributed by atoms with Gasteiger partial charge in [-0.3, -0.25) is 13.9 Å². The molecule has 0 amide bonds. The minimum Gasteiger partial charge on any atom is -0.336 e. The van der Waals surface area contributed by atoms with Gasteiger partial charge in [0.1, 0.15) is 11.3 Å². The highest BCUT2D eigenvalue weighted by molar-refractivity contribution is 5.69. The predicted molar refractivity (Wildman–Crippen MR) is 121 cm³/mol. The van der Waals surface area contributed by atoms with E-state index < -0.39 is 0 Å². The van der Waals surface area contributed by atoms with Gasteiger partial charge in [0, 0.05) is 18.7 Å². The number of aryl methyl sites for hydroxylation is 4. The van der Waals surface area contributed by atoms with Gasteiger partial charge in [0.05, 0.1) is 6.54 Å².